The number of hydrogen-bond acceptors (Lipinski definition) is 3. The van der Waals surface area contributed by atoms with Gasteiger partial charge in [0.15, 0.2) is 6.10 Å². The van der Waals surface area contributed by atoms with Crippen LogP contribution in [0.1, 0.15) is 2.85 Å². The van der Waals surface area contributed by atoms with E-state index in [9.17, 15) is 4.79 Å². The van der Waals surface area contributed by atoms with Crippen molar-refractivity contribution < 1.29 is 126 Å². The molecule has 3 N–H and O–H groups in total. The number of carboxylic acid groups (broad SMARTS) is 1. The number of carboxylic acids is 1. The molecule has 0 aliphatic rings. The van der Waals surface area contributed by atoms with Crippen LogP contribution < -0.4 is 103 Å². The maximum absolute atomic E-state index is 9.52. The molecule has 6 heteroatoms. The summed E-state index contributed by atoms with van der Waals surface area (Å²) in [5, 5.41) is 23.7. The van der Waals surface area contributed by atoms with Crippen molar-refractivity contribution in [2.75, 3.05) is 6.61 Å². The molecule has 46 valence electrons. The Morgan fingerprint density at radius 1 is 1.56 bits per heavy atom. The van der Waals surface area contributed by atoms with Gasteiger partial charge in [-0.05, 0) is 0 Å². The van der Waals surface area contributed by atoms with Crippen molar-refractivity contribution in [2.24, 2.45) is 0 Å². The Morgan fingerprint density at radius 2 is 1.89 bits per heavy atom. The minimum Gasteiger partial charge on any atom is -1.00 e. The minimum absolute atomic E-state index is 0. The second kappa shape index (κ2) is 10.7. The second-order valence-corrected chi connectivity index (χ2v) is 1.04. The quantitative estimate of drug-likeness (QED) is 0.374. The molecule has 0 rings (SSSR count). The summed E-state index contributed by atoms with van der Waals surface area (Å²) in [6, 6.07) is 0. The molecule has 0 saturated heterocycles. The SMILES string of the molecule is O=C(O)C(O)CO.[H-].[H-].[K+].[K+]. The van der Waals surface area contributed by atoms with Crippen LogP contribution in [-0.4, -0.2) is 34.0 Å². The van der Waals surface area contributed by atoms with Crippen molar-refractivity contribution >= 4 is 5.97 Å². The van der Waals surface area contributed by atoms with Crippen LogP contribution in [0, 0.1) is 0 Å². The van der Waals surface area contributed by atoms with Crippen LogP contribution in [0.2, 0.25) is 0 Å². The van der Waals surface area contributed by atoms with Crippen LogP contribution in [0.5, 0.6) is 0 Å². The fraction of sp³-hybridized carbons (Fsp3) is 0.667. The number of rotatable bonds is 2. The Balaban J connectivity index is -0.0000000300. The molecule has 0 aromatic rings. The van der Waals surface area contributed by atoms with Crippen molar-refractivity contribution in [1.82, 2.24) is 0 Å². The molecule has 0 heterocycles. The topological polar surface area (TPSA) is 77.8 Å². The van der Waals surface area contributed by atoms with Gasteiger partial charge in [0, 0.05) is 0 Å². The molecule has 0 bridgehead atoms. The van der Waals surface area contributed by atoms with Crippen LogP contribution in [0.3, 0.4) is 0 Å². The number of hydrogen-bond donors (Lipinski definition) is 3. The first-order chi connectivity index (χ1) is 3.18. The molecule has 4 nitrogen and oxygen atoms in total. The summed E-state index contributed by atoms with van der Waals surface area (Å²) in [6.07, 6.45) is -1.63. The van der Waals surface area contributed by atoms with Crippen LogP contribution in [0.15, 0.2) is 0 Å². The second-order valence-electron chi connectivity index (χ2n) is 1.04. The van der Waals surface area contributed by atoms with Gasteiger partial charge in [-0.3, -0.25) is 0 Å². The van der Waals surface area contributed by atoms with E-state index >= 15 is 0 Å². The molecule has 0 aromatic carbocycles. The van der Waals surface area contributed by atoms with E-state index in [0.717, 1.165) is 0 Å². The van der Waals surface area contributed by atoms with E-state index in [1.807, 2.05) is 0 Å². The first-order valence-electron chi connectivity index (χ1n) is 1.70. The van der Waals surface area contributed by atoms with Gasteiger partial charge in [-0.15, -0.1) is 0 Å². The van der Waals surface area contributed by atoms with Gasteiger partial charge in [0.25, 0.3) is 0 Å². The van der Waals surface area contributed by atoms with E-state index in [0.29, 0.717) is 0 Å². The summed E-state index contributed by atoms with van der Waals surface area (Å²) in [6.45, 7) is -0.727. The summed E-state index contributed by atoms with van der Waals surface area (Å²) in [5.74, 6) is -1.40. The molecule has 0 aromatic heterocycles. The molecule has 0 radical (unpaired) electrons. The molecule has 0 aliphatic heterocycles. The fourth-order valence-corrected chi connectivity index (χ4v) is 0.0781. The van der Waals surface area contributed by atoms with Gasteiger partial charge in [-0.25, -0.2) is 4.79 Å². The van der Waals surface area contributed by atoms with Crippen LogP contribution in [-0.2, 0) is 4.79 Å². The van der Waals surface area contributed by atoms with Crippen molar-refractivity contribution in [3.63, 3.8) is 0 Å². The van der Waals surface area contributed by atoms with Crippen molar-refractivity contribution in [2.45, 2.75) is 6.10 Å². The fourth-order valence-electron chi connectivity index (χ4n) is 0.0781. The molecule has 9 heavy (non-hydrogen) atoms. The Kier molecular flexibility index (Phi) is 20.9. The van der Waals surface area contributed by atoms with Crippen molar-refractivity contribution in [3.05, 3.63) is 0 Å². The summed E-state index contributed by atoms with van der Waals surface area (Å²) < 4.78 is 0. The third-order valence-corrected chi connectivity index (χ3v) is 0.458. The van der Waals surface area contributed by atoms with Gasteiger partial charge in [0.2, 0.25) is 0 Å². The van der Waals surface area contributed by atoms with Gasteiger partial charge in [-0.2, -0.15) is 0 Å². The Labute approximate surface area is 141 Å². The molecular formula is C3H8K2O4. The number of aliphatic carboxylic acids is 1. The summed E-state index contributed by atoms with van der Waals surface area (Å²) in [4.78, 5) is 9.52. The Hall–Kier alpha value is 2.66. The number of aliphatic hydroxyl groups is 2. The molecule has 0 saturated carbocycles. The molecular weight excluding hydrogens is 178 g/mol. The van der Waals surface area contributed by atoms with Gasteiger partial charge < -0.3 is 18.2 Å². The minimum atomic E-state index is -1.63. The van der Waals surface area contributed by atoms with Crippen molar-refractivity contribution in [3.8, 4) is 0 Å². The molecule has 0 aliphatic carbocycles. The smallest absolute Gasteiger partial charge is 1.00 e. The zero-order valence-electron chi connectivity index (χ0n) is 7.53. The summed E-state index contributed by atoms with van der Waals surface area (Å²) in [5.41, 5.74) is 0. The van der Waals surface area contributed by atoms with Gasteiger partial charge in [0.05, 0.1) is 6.61 Å². The van der Waals surface area contributed by atoms with Gasteiger partial charge >= 0.3 is 109 Å². The predicted molar refractivity (Wildman–Crippen MR) is 23.0 cm³/mol. The number of carbonyl (C=O) groups is 1. The van der Waals surface area contributed by atoms with Crippen molar-refractivity contribution in [1.29, 1.82) is 0 Å². The average Bonchev–Trinajstić information content (AvgIpc) is 1.65. The molecule has 0 amide bonds. The first kappa shape index (κ1) is 17.7. The number of aliphatic hydroxyl groups excluding tert-OH is 2. The largest absolute Gasteiger partial charge is 1.00 e. The Bertz CT molecular complexity index is 83.7. The van der Waals surface area contributed by atoms with E-state index < -0.39 is 18.7 Å². The molecule has 1 unspecified atom stereocenters. The van der Waals surface area contributed by atoms with E-state index in [1.54, 1.807) is 0 Å². The maximum atomic E-state index is 9.52. The Morgan fingerprint density at radius 3 is 1.89 bits per heavy atom. The maximum Gasteiger partial charge on any atom is 1.00 e. The molecule has 1 atom stereocenters. The van der Waals surface area contributed by atoms with Gasteiger partial charge in [-0.1, -0.05) is 0 Å². The third kappa shape index (κ3) is 10.7. The van der Waals surface area contributed by atoms with Crippen LogP contribution in [0.25, 0.3) is 0 Å². The standard InChI is InChI=1S/C3H6O4.2K.2H/c4-1-2(5)3(6)7;;;;/h2,4-5H,1H2,(H,6,7);;;;/q;2*+1;2*-1. The van der Waals surface area contributed by atoms with Gasteiger partial charge in [0.1, 0.15) is 0 Å². The van der Waals surface area contributed by atoms with E-state index in [4.69, 9.17) is 15.3 Å². The average molecular weight is 186 g/mol. The zero-order chi connectivity index (χ0) is 5.86. The van der Waals surface area contributed by atoms with E-state index in [-0.39, 0.29) is 106 Å². The van der Waals surface area contributed by atoms with E-state index in [1.165, 1.54) is 0 Å². The predicted octanol–water partition coefficient (Wildman–Crippen LogP) is -7.34. The summed E-state index contributed by atoms with van der Waals surface area (Å²) in [7, 11) is 0. The molecule has 0 fully saturated rings. The molecule has 0 spiro atoms. The third-order valence-electron chi connectivity index (χ3n) is 0.458. The zero-order valence-corrected chi connectivity index (χ0v) is 11.8. The van der Waals surface area contributed by atoms with Crippen LogP contribution in [0.4, 0.5) is 0 Å². The summed E-state index contributed by atoms with van der Waals surface area (Å²) >= 11 is 0. The van der Waals surface area contributed by atoms with Crippen LogP contribution >= 0.6 is 0 Å². The normalized spacial score (nSPS) is 10.4. The first-order valence-corrected chi connectivity index (χ1v) is 1.70. The monoisotopic (exact) mass is 186 g/mol. The van der Waals surface area contributed by atoms with E-state index in [2.05, 4.69) is 0 Å².